The molecule has 3 aliphatic rings. The quantitative estimate of drug-likeness (QED) is 0.0679. The first-order valence-electron chi connectivity index (χ1n) is 28.1. The Labute approximate surface area is 478 Å². The predicted molar refractivity (Wildman–Crippen MR) is 313 cm³/mol. The number of ketones is 5. The Bertz CT molecular complexity index is 3130. The van der Waals surface area contributed by atoms with Gasteiger partial charge in [0.15, 0.2) is 17.9 Å². The third-order valence-corrected chi connectivity index (χ3v) is 15.7. The zero-order chi connectivity index (χ0) is 60.4. The minimum absolute atomic E-state index is 0.0156. The van der Waals surface area contributed by atoms with Gasteiger partial charge in [-0.15, -0.1) is 0 Å². The van der Waals surface area contributed by atoms with E-state index in [1.807, 2.05) is 100 Å². The summed E-state index contributed by atoms with van der Waals surface area (Å²) in [5.74, 6) is -1.85. The summed E-state index contributed by atoms with van der Waals surface area (Å²) in [4.78, 5) is 64.8. The van der Waals surface area contributed by atoms with Gasteiger partial charge in [-0.05, 0) is 82.7 Å². The number of fused-ring (bicyclic) bond motifs is 4. The van der Waals surface area contributed by atoms with Crippen molar-refractivity contribution in [3.63, 3.8) is 0 Å². The second-order valence-corrected chi connectivity index (χ2v) is 26.0. The largest absolute Gasteiger partial charge is 0.507 e. The summed E-state index contributed by atoms with van der Waals surface area (Å²) in [6.07, 6.45) is -2.64. The first-order valence-corrected chi connectivity index (χ1v) is 28.1. The van der Waals surface area contributed by atoms with Crippen LogP contribution in [0, 0.1) is 28.1 Å². The van der Waals surface area contributed by atoms with Crippen LogP contribution in [0.15, 0.2) is 78.9 Å². The van der Waals surface area contributed by atoms with Crippen molar-refractivity contribution >= 4 is 39.7 Å². The van der Waals surface area contributed by atoms with Gasteiger partial charge in [-0.1, -0.05) is 151 Å². The number of hydrogen-bond acceptors (Lipinski definition) is 14. The number of rotatable bonds is 13. The molecule has 14 nitrogen and oxygen atoms in total. The number of carbonyl (C=O) groups excluding carboxylic acids is 5. The van der Waals surface area contributed by atoms with E-state index < -0.39 is 89.6 Å². The highest BCUT2D eigenvalue weighted by Crippen LogP contribution is 2.53. The average Bonchev–Trinajstić information content (AvgIpc) is 3.37. The van der Waals surface area contributed by atoms with Crippen LogP contribution in [0.25, 0.3) is 10.8 Å². The van der Waals surface area contributed by atoms with Gasteiger partial charge < -0.3 is 44.5 Å². The number of aliphatic hydroxyl groups excluding tert-OH is 2. The monoisotopic (exact) mass is 1110 g/mol. The highest BCUT2D eigenvalue weighted by molar-refractivity contribution is 6.31. The number of carbonyl (C=O) groups is 5. The Balaban J connectivity index is 0.000000229. The molecule has 1 saturated heterocycles. The van der Waals surface area contributed by atoms with Crippen LogP contribution in [-0.4, -0.2) is 99.4 Å². The molecule has 2 aliphatic carbocycles. The van der Waals surface area contributed by atoms with E-state index in [0.717, 1.165) is 34.1 Å². The van der Waals surface area contributed by atoms with E-state index in [1.165, 1.54) is 30.9 Å². The minimum Gasteiger partial charge on any atom is -0.507 e. The molecule has 1 aliphatic heterocycles. The van der Waals surface area contributed by atoms with Crippen LogP contribution in [0.4, 0.5) is 0 Å². The van der Waals surface area contributed by atoms with Crippen LogP contribution in [-0.2, 0) is 36.7 Å². The minimum atomic E-state index is -2.22. The van der Waals surface area contributed by atoms with E-state index in [9.17, 15) is 49.5 Å². The van der Waals surface area contributed by atoms with Crippen LogP contribution >= 0.6 is 0 Å². The molecule has 1 fully saturated rings. The van der Waals surface area contributed by atoms with E-state index in [4.69, 9.17) is 18.9 Å². The van der Waals surface area contributed by atoms with Crippen molar-refractivity contribution in [2.24, 2.45) is 28.1 Å². The third-order valence-electron chi connectivity index (χ3n) is 15.7. The first-order chi connectivity index (χ1) is 37.7. The lowest BCUT2D eigenvalue weighted by Crippen LogP contribution is -2.49. The standard InChI is InChI=1S/C32H38O11.C18H22O2.C17H26O/c1-14-26(35)15(10-31(2,3)4)9-21(42-14)43-19-12-32(40,20(34)13-33)11-17-23(19)30(39)25-24(28(17)37)27(36)16-7-6-8-18(41-5)22(16)29(25)38;1-12(17(19)18(2,3)4)13-6-7-15-11-16(20-5)9-8-14(15)10-13;1-12(2)11-14-7-9-15(10-8-14)13(3)16(18)17(4,5)6/h6-8,14-15,19,21,26,33,35,37,39-40H,9-13H2,1-5H3;6-12H,1-5H3;7-10,12-13H,11H2,1-6H3/t14-,15+,19-,21-,26+,32-;12-;/m01./s1. The van der Waals surface area contributed by atoms with Crippen molar-refractivity contribution in [2.75, 3.05) is 20.8 Å². The van der Waals surface area contributed by atoms with Gasteiger partial charge in [-0.3, -0.25) is 24.0 Å². The molecule has 0 radical (unpaired) electrons. The van der Waals surface area contributed by atoms with Crippen LogP contribution in [0.3, 0.4) is 0 Å². The second-order valence-electron chi connectivity index (χ2n) is 26.0. The van der Waals surface area contributed by atoms with Gasteiger partial charge in [0.25, 0.3) is 0 Å². The van der Waals surface area contributed by atoms with Gasteiger partial charge in [-0.25, -0.2) is 0 Å². The predicted octanol–water partition coefficient (Wildman–Crippen LogP) is 11.9. The van der Waals surface area contributed by atoms with Crippen molar-refractivity contribution in [2.45, 2.75) is 171 Å². The second kappa shape index (κ2) is 25.1. The fraction of sp³-hybridized carbons (Fsp3) is 0.507. The molecular formula is C67H86O14. The summed E-state index contributed by atoms with van der Waals surface area (Å²) in [6.45, 7) is 27.1. The third kappa shape index (κ3) is 14.3. The number of ether oxygens (including phenoxy) is 4. The van der Waals surface area contributed by atoms with E-state index in [1.54, 1.807) is 14.0 Å². The normalized spacial score (nSPS) is 21.5. The molecule has 0 aromatic heterocycles. The van der Waals surface area contributed by atoms with Gasteiger partial charge >= 0.3 is 0 Å². The number of aliphatic hydroxyl groups is 3. The molecule has 14 heteroatoms. The van der Waals surface area contributed by atoms with Crippen molar-refractivity contribution < 1.29 is 68.5 Å². The zero-order valence-corrected chi connectivity index (χ0v) is 50.3. The lowest BCUT2D eigenvalue weighted by molar-refractivity contribution is -0.259. The molecule has 0 bridgehead atoms. The molecule has 1 unspecified atom stereocenters. The van der Waals surface area contributed by atoms with Crippen LogP contribution in [0.1, 0.15) is 194 Å². The van der Waals surface area contributed by atoms with Gasteiger partial charge in [0.1, 0.15) is 46.8 Å². The Kier molecular flexibility index (Phi) is 19.8. The van der Waals surface area contributed by atoms with Crippen LogP contribution in [0.5, 0.6) is 23.0 Å². The average molecular weight is 1120 g/mol. The van der Waals surface area contributed by atoms with E-state index in [0.29, 0.717) is 18.1 Å². The Hall–Kier alpha value is -6.29. The molecule has 5 N–H and O–H groups in total. The fourth-order valence-electron chi connectivity index (χ4n) is 11.5. The maximum atomic E-state index is 13.8. The molecule has 8 rings (SSSR count). The maximum absolute atomic E-state index is 13.8. The number of aromatic hydroxyl groups is 2. The zero-order valence-electron chi connectivity index (χ0n) is 50.3. The molecule has 5 aromatic rings. The van der Waals surface area contributed by atoms with Gasteiger partial charge in [-0.2, -0.15) is 0 Å². The highest BCUT2D eigenvalue weighted by Gasteiger charge is 2.50. The SMILES string of the molecule is CC(C)Cc1ccc(C(C)C(=O)C(C)(C)C)cc1.COc1ccc2cc([C@@H](C)C(=O)C(C)(C)C)ccc2c1.COc1cccc2c1C(=O)c1c(O)c3c(c(O)c1C2=O)C[C@@](O)(C(=O)CO)C[C@@H]3O[C@H]1C[C@H](CC(C)(C)C)[C@H](O)[C@H](C)O1. The molecule has 8 atom stereocenters. The van der Waals surface area contributed by atoms with Crippen molar-refractivity contribution in [3.8, 4) is 23.0 Å². The molecule has 438 valence electrons. The maximum Gasteiger partial charge on any atom is 0.202 e. The number of Topliss-reactive ketones (excluding diaryl/α,β-unsaturated/α-hetero) is 3. The van der Waals surface area contributed by atoms with Gasteiger partial charge in [0.2, 0.25) is 5.78 Å². The van der Waals surface area contributed by atoms with E-state index in [-0.39, 0.29) is 74.2 Å². The number of methoxy groups -OCH3 is 2. The lowest BCUT2D eigenvalue weighted by Gasteiger charge is -2.43. The summed E-state index contributed by atoms with van der Waals surface area (Å²) in [5, 5.41) is 57.3. The molecule has 1 heterocycles. The molecule has 81 heavy (non-hydrogen) atoms. The Morgan fingerprint density at radius 1 is 0.728 bits per heavy atom. The number of hydrogen-bond donors (Lipinski definition) is 5. The Morgan fingerprint density at radius 2 is 1.30 bits per heavy atom. The summed E-state index contributed by atoms with van der Waals surface area (Å²) in [7, 11) is 3.00. The number of phenols is 2. The molecule has 0 saturated carbocycles. The number of benzene rings is 5. The summed E-state index contributed by atoms with van der Waals surface area (Å²) in [6, 6.07) is 25.1. The van der Waals surface area contributed by atoms with Crippen molar-refractivity contribution in [3.05, 3.63) is 129 Å². The van der Waals surface area contributed by atoms with Crippen LogP contribution in [0.2, 0.25) is 0 Å². The molecular weight excluding hydrogens is 1030 g/mol. The highest BCUT2D eigenvalue weighted by atomic mass is 16.7. The number of phenolic OH excluding ortho intramolecular Hbond substituents is 2. The van der Waals surface area contributed by atoms with Crippen molar-refractivity contribution in [1.29, 1.82) is 0 Å². The topological polar surface area (TPSA) is 223 Å². The Morgan fingerprint density at radius 3 is 1.85 bits per heavy atom. The van der Waals surface area contributed by atoms with E-state index >= 15 is 0 Å². The summed E-state index contributed by atoms with van der Waals surface area (Å²) < 4.78 is 22.8. The fourth-order valence-corrected chi connectivity index (χ4v) is 11.5. The van der Waals surface area contributed by atoms with E-state index in [2.05, 4.69) is 50.2 Å². The summed E-state index contributed by atoms with van der Waals surface area (Å²) in [5.41, 5.74) is -0.601. The first kappa shape index (κ1) is 63.9. The lowest BCUT2D eigenvalue weighted by atomic mass is 9.72. The molecule has 0 spiro atoms. The van der Waals surface area contributed by atoms with Gasteiger partial charge in [0, 0.05) is 58.6 Å². The smallest absolute Gasteiger partial charge is 0.202 e. The molecule has 0 amide bonds. The van der Waals surface area contributed by atoms with Gasteiger partial charge in [0.05, 0.1) is 49.2 Å². The summed E-state index contributed by atoms with van der Waals surface area (Å²) >= 11 is 0. The van der Waals surface area contributed by atoms with Crippen LogP contribution < -0.4 is 9.47 Å². The van der Waals surface area contributed by atoms with Crippen molar-refractivity contribution in [1.82, 2.24) is 0 Å². The molecule has 5 aromatic carbocycles.